The second-order valence-electron chi connectivity index (χ2n) is 4.85. The van der Waals surface area contributed by atoms with Gasteiger partial charge in [0.25, 0.3) is 0 Å². The zero-order valence-electron chi connectivity index (χ0n) is 12.1. The molecule has 2 N–H and O–H groups in total. The van der Waals surface area contributed by atoms with Crippen LogP contribution >= 0.6 is 15.9 Å². The Morgan fingerprint density at radius 1 is 1.32 bits per heavy atom. The van der Waals surface area contributed by atoms with Gasteiger partial charge in [0.1, 0.15) is 6.04 Å². The number of hydrogen-bond donors (Lipinski definition) is 2. The zero-order chi connectivity index (χ0) is 14.4. The average Bonchev–Trinajstić information content (AvgIpc) is 2.39. The van der Waals surface area contributed by atoms with E-state index >= 15 is 0 Å². The quantitative estimate of drug-likeness (QED) is 0.833. The van der Waals surface area contributed by atoms with Gasteiger partial charge in [0.05, 0.1) is 0 Å². The Balaban J connectivity index is 2.60. The first-order chi connectivity index (χ1) is 8.97. The summed E-state index contributed by atoms with van der Waals surface area (Å²) in [5.74, 6) is 0.0467. The highest BCUT2D eigenvalue weighted by Gasteiger charge is 2.15. The van der Waals surface area contributed by atoms with Gasteiger partial charge in [-0.2, -0.15) is 0 Å². The molecule has 0 aliphatic carbocycles. The van der Waals surface area contributed by atoms with Crippen LogP contribution in [0.4, 0.5) is 5.69 Å². The maximum Gasteiger partial charge on any atom is 0.242 e. The molecule has 0 radical (unpaired) electrons. The number of carbonyl (C=O) groups excluding carboxylic acids is 1. The van der Waals surface area contributed by atoms with Gasteiger partial charge in [0.15, 0.2) is 0 Å². The number of halogens is 1. The van der Waals surface area contributed by atoms with Crippen molar-refractivity contribution in [1.29, 1.82) is 0 Å². The first kappa shape index (κ1) is 16.0. The van der Waals surface area contributed by atoms with Crippen molar-refractivity contribution >= 4 is 27.5 Å². The average molecular weight is 327 g/mol. The number of carbonyl (C=O) groups is 1. The van der Waals surface area contributed by atoms with E-state index in [-0.39, 0.29) is 18.0 Å². The molecule has 0 heterocycles. The van der Waals surface area contributed by atoms with Gasteiger partial charge >= 0.3 is 0 Å². The Morgan fingerprint density at radius 3 is 2.47 bits per heavy atom. The summed E-state index contributed by atoms with van der Waals surface area (Å²) in [5.41, 5.74) is 2.13. The molecule has 106 valence electrons. The highest BCUT2D eigenvalue weighted by Crippen LogP contribution is 2.21. The summed E-state index contributed by atoms with van der Waals surface area (Å²) in [6.45, 7) is 8.09. The normalized spacial score (nSPS) is 12.3. The van der Waals surface area contributed by atoms with E-state index in [0.29, 0.717) is 0 Å². The third-order valence-corrected chi connectivity index (χ3v) is 4.13. The monoisotopic (exact) mass is 326 g/mol. The predicted octanol–water partition coefficient (Wildman–Crippen LogP) is 3.86. The van der Waals surface area contributed by atoms with Gasteiger partial charge in [-0.25, -0.2) is 0 Å². The number of rotatable bonds is 6. The molecule has 0 fully saturated rings. The van der Waals surface area contributed by atoms with Crippen molar-refractivity contribution in [1.82, 2.24) is 5.32 Å². The van der Waals surface area contributed by atoms with Crippen molar-refractivity contribution in [3.05, 3.63) is 28.2 Å². The van der Waals surface area contributed by atoms with Crippen LogP contribution in [0.1, 0.15) is 39.2 Å². The molecule has 1 atom stereocenters. The van der Waals surface area contributed by atoms with Crippen molar-refractivity contribution in [3.63, 3.8) is 0 Å². The first-order valence-corrected chi connectivity index (χ1v) is 7.60. The molecule has 1 amide bonds. The van der Waals surface area contributed by atoms with Gasteiger partial charge in [0, 0.05) is 16.2 Å². The van der Waals surface area contributed by atoms with Crippen LogP contribution in [0.15, 0.2) is 22.7 Å². The third-order valence-electron chi connectivity index (χ3n) is 3.28. The van der Waals surface area contributed by atoms with Crippen LogP contribution in [-0.4, -0.2) is 18.0 Å². The lowest BCUT2D eigenvalue weighted by Gasteiger charge is -2.20. The Bertz CT molecular complexity index is 430. The molecule has 0 aliphatic heterocycles. The van der Waals surface area contributed by atoms with Crippen molar-refractivity contribution in [2.45, 2.75) is 52.6 Å². The molecule has 0 aliphatic rings. The third kappa shape index (κ3) is 4.86. The molecule has 0 spiro atoms. The van der Waals surface area contributed by atoms with Gasteiger partial charge in [-0.15, -0.1) is 0 Å². The van der Waals surface area contributed by atoms with E-state index < -0.39 is 0 Å². The van der Waals surface area contributed by atoms with Gasteiger partial charge < -0.3 is 10.6 Å². The van der Waals surface area contributed by atoms with E-state index in [4.69, 9.17) is 0 Å². The lowest BCUT2D eigenvalue weighted by Crippen LogP contribution is -2.42. The molecule has 1 rings (SSSR count). The minimum Gasteiger partial charge on any atom is -0.374 e. The summed E-state index contributed by atoms with van der Waals surface area (Å²) in [6, 6.07) is 6.03. The van der Waals surface area contributed by atoms with Gasteiger partial charge in [-0.3, -0.25) is 4.79 Å². The molecule has 0 bridgehead atoms. The molecule has 0 saturated carbocycles. The Morgan fingerprint density at radius 2 is 1.95 bits per heavy atom. The first-order valence-electron chi connectivity index (χ1n) is 6.81. The van der Waals surface area contributed by atoms with Crippen molar-refractivity contribution in [3.8, 4) is 0 Å². The molecule has 1 unspecified atom stereocenters. The molecule has 1 aromatic rings. The summed E-state index contributed by atoms with van der Waals surface area (Å²) >= 11 is 3.50. The number of nitrogens with one attached hydrogen (secondary N) is 2. The second-order valence-corrected chi connectivity index (χ2v) is 5.71. The molecule has 0 aromatic heterocycles. The fraction of sp³-hybridized carbons (Fsp3) is 0.533. The summed E-state index contributed by atoms with van der Waals surface area (Å²) < 4.78 is 1.05. The van der Waals surface area contributed by atoms with E-state index in [1.807, 2.05) is 32.0 Å². The highest BCUT2D eigenvalue weighted by atomic mass is 79.9. The molecule has 1 aromatic carbocycles. The Kier molecular flexibility index (Phi) is 6.35. The number of anilines is 1. The number of aryl methyl sites for hydroxylation is 1. The Hall–Kier alpha value is -1.03. The maximum atomic E-state index is 12.0. The van der Waals surface area contributed by atoms with E-state index in [1.54, 1.807) is 0 Å². The number of hydrogen-bond acceptors (Lipinski definition) is 2. The fourth-order valence-electron chi connectivity index (χ4n) is 1.82. The smallest absolute Gasteiger partial charge is 0.242 e. The van der Waals surface area contributed by atoms with Gasteiger partial charge in [0.2, 0.25) is 5.91 Å². The summed E-state index contributed by atoms with van der Waals surface area (Å²) in [4.78, 5) is 12.0. The summed E-state index contributed by atoms with van der Waals surface area (Å²) in [5, 5.41) is 6.27. The molecule has 0 saturated heterocycles. The lowest BCUT2D eigenvalue weighted by molar-refractivity contribution is -0.122. The topological polar surface area (TPSA) is 41.1 Å². The molecule has 4 heteroatoms. The molecule has 3 nitrogen and oxygen atoms in total. The largest absolute Gasteiger partial charge is 0.374 e. The van der Waals surface area contributed by atoms with E-state index in [0.717, 1.165) is 23.0 Å². The van der Waals surface area contributed by atoms with Gasteiger partial charge in [-0.05, 0) is 44.4 Å². The van der Waals surface area contributed by atoms with Crippen molar-refractivity contribution in [2.75, 3.05) is 5.32 Å². The second kappa shape index (κ2) is 7.53. The highest BCUT2D eigenvalue weighted by molar-refractivity contribution is 9.10. The molecule has 19 heavy (non-hydrogen) atoms. The van der Waals surface area contributed by atoms with Crippen LogP contribution in [0, 0.1) is 6.92 Å². The Labute approximate surface area is 124 Å². The lowest BCUT2D eigenvalue weighted by atomic mass is 10.1. The summed E-state index contributed by atoms with van der Waals surface area (Å²) in [7, 11) is 0. The standard InChI is InChI=1S/C15H23BrN2O/c1-5-12(6-2)18-15(19)11(4)17-13-8-7-10(3)14(16)9-13/h7-9,11-12,17H,5-6H2,1-4H3,(H,18,19). The fourth-order valence-corrected chi connectivity index (χ4v) is 2.20. The van der Waals surface area contributed by atoms with Crippen LogP contribution in [0.3, 0.4) is 0 Å². The van der Waals surface area contributed by atoms with Crippen LogP contribution in [-0.2, 0) is 4.79 Å². The van der Waals surface area contributed by atoms with Crippen LogP contribution < -0.4 is 10.6 Å². The minimum atomic E-state index is -0.241. The van der Waals surface area contributed by atoms with E-state index in [9.17, 15) is 4.79 Å². The molecular formula is C15H23BrN2O. The van der Waals surface area contributed by atoms with E-state index in [1.165, 1.54) is 5.56 Å². The van der Waals surface area contributed by atoms with Crippen molar-refractivity contribution < 1.29 is 4.79 Å². The minimum absolute atomic E-state index is 0.0467. The maximum absolute atomic E-state index is 12.0. The number of benzene rings is 1. The van der Waals surface area contributed by atoms with Crippen molar-refractivity contribution in [2.24, 2.45) is 0 Å². The SMILES string of the molecule is CCC(CC)NC(=O)C(C)Nc1ccc(C)c(Br)c1. The van der Waals surface area contributed by atoms with E-state index in [2.05, 4.69) is 40.4 Å². The number of amides is 1. The van der Waals surface area contributed by atoms with Gasteiger partial charge in [-0.1, -0.05) is 35.8 Å². The van der Waals surface area contributed by atoms with Crippen LogP contribution in [0.5, 0.6) is 0 Å². The van der Waals surface area contributed by atoms with Crippen LogP contribution in [0.25, 0.3) is 0 Å². The summed E-state index contributed by atoms with van der Waals surface area (Å²) in [6.07, 6.45) is 1.93. The molecular weight excluding hydrogens is 304 g/mol. The predicted molar refractivity (Wildman–Crippen MR) is 84.5 cm³/mol. The van der Waals surface area contributed by atoms with Crippen LogP contribution in [0.2, 0.25) is 0 Å². The zero-order valence-corrected chi connectivity index (χ0v) is 13.7.